The van der Waals surface area contributed by atoms with Crippen LogP contribution < -0.4 is 5.36 Å². The number of nitrogens with zero attached hydrogens (tertiary/aromatic N) is 2. The lowest BCUT2D eigenvalue weighted by Gasteiger charge is -2.11. The second-order valence-electron chi connectivity index (χ2n) is 4.22. The highest BCUT2D eigenvalue weighted by Crippen LogP contribution is 2.14. The lowest BCUT2D eigenvalue weighted by Crippen LogP contribution is -2.21. The van der Waals surface area contributed by atoms with Gasteiger partial charge in [0.25, 0.3) is 5.91 Å². The van der Waals surface area contributed by atoms with Gasteiger partial charge in [-0.15, -0.1) is 0 Å². The van der Waals surface area contributed by atoms with Gasteiger partial charge in [0.15, 0.2) is 0 Å². The minimum Gasteiger partial charge on any atom is -0.428 e. The van der Waals surface area contributed by atoms with E-state index < -0.39 is 5.41 Å². The zero-order valence-corrected chi connectivity index (χ0v) is 9.62. The molecule has 0 aliphatic rings. The first-order chi connectivity index (χ1) is 6.80. The van der Waals surface area contributed by atoms with Gasteiger partial charge in [-0.2, -0.15) is 4.73 Å². The first-order valence-corrected chi connectivity index (χ1v) is 4.85. The molecule has 1 aromatic heterocycles. The van der Waals surface area contributed by atoms with Gasteiger partial charge in [0.05, 0.1) is 5.36 Å². The van der Waals surface area contributed by atoms with Crippen molar-refractivity contribution in [2.24, 2.45) is 10.4 Å². The van der Waals surface area contributed by atoms with Crippen LogP contribution in [0.25, 0.3) is 0 Å². The average molecular weight is 229 g/mol. The lowest BCUT2D eigenvalue weighted by molar-refractivity contribution is -0.125. The standard InChI is InChI=1S/C10H13ClN2O2/c1-10(2,3)9(14)12-7-4-5-13(15)8(11)6-7/h4-6,15H,1-3H3. The molecule has 0 atom stereocenters. The summed E-state index contributed by atoms with van der Waals surface area (Å²) in [5.74, 6) is -0.228. The Bertz CT molecular complexity index is 443. The molecule has 0 saturated carbocycles. The Labute approximate surface area is 92.8 Å². The molecule has 0 spiro atoms. The van der Waals surface area contributed by atoms with Crippen LogP contribution in [0.1, 0.15) is 20.8 Å². The number of pyridine rings is 1. The normalized spacial score (nSPS) is 12.9. The zero-order valence-electron chi connectivity index (χ0n) is 8.86. The molecule has 0 bridgehead atoms. The summed E-state index contributed by atoms with van der Waals surface area (Å²) < 4.78 is 0.752. The van der Waals surface area contributed by atoms with Crippen molar-refractivity contribution in [3.8, 4) is 0 Å². The predicted octanol–water partition coefficient (Wildman–Crippen LogP) is 1.85. The average Bonchev–Trinajstić information content (AvgIpc) is 2.10. The molecule has 0 saturated heterocycles. The summed E-state index contributed by atoms with van der Waals surface area (Å²) in [6.45, 7) is 5.36. The van der Waals surface area contributed by atoms with E-state index in [0.717, 1.165) is 4.73 Å². The maximum atomic E-state index is 11.6. The highest BCUT2D eigenvalue weighted by Gasteiger charge is 2.19. The molecule has 82 valence electrons. The first kappa shape index (κ1) is 11.8. The van der Waals surface area contributed by atoms with Crippen molar-refractivity contribution in [1.82, 2.24) is 4.73 Å². The van der Waals surface area contributed by atoms with Crippen molar-refractivity contribution in [2.75, 3.05) is 0 Å². The molecule has 1 heterocycles. The monoisotopic (exact) mass is 228 g/mol. The minimum absolute atomic E-state index is 0.109. The van der Waals surface area contributed by atoms with Crippen molar-refractivity contribution in [3.05, 3.63) is 28.8 Å². The topological polar surface area (TPSA) is 54.6 Å². The third-order valence-corrected chi connectivity index (χ3v) is 2.03. The number of aromatic nitrogens is 1. The fourth-order valence-electron chi connectivity index (χ4n) is 0.809. The highest BCUT2D eigenvalue weighted by atomic mass is 35.5. The van der Waals surface area contributed by atoms with Gasteiger partial charge in [0, 0.05) is 17.7 Å². The van der Waals surface area contributed by atoms with Gasteiger partial charge in [0.1, 0.15) is 5.15 Å². The van der Waals surface area contributed by atoms with E-state index in [-0.39, 0.29) is 11.1 Å². The molecule has 0 aliphatic heterocycles. The maximum absolute atomic E-state index is 11.6. The Morgan fingerprint density at radius 2 is 2.13 bits per heavy atom. The minimum atomic E-state index is -0.516. The third-order valence-electron chi connectivity index (χ3n) is 1.74. The summed E-state index contributed by atoms with van der Waals surface area (Å²) in [5.41, 5.74) is -0.516. The quantitative estimate of drug-likeness (QED) is 0.544. The van der Waals surface area contributed by atoms with E-state index >= 15 is 0 Å². The largest absolute Gasteiger partial charge is 0.428 e. The summed E-state index contributed by atoms with van der Waals surface area (Å²) in [4.78, 5) is 15.4. The van der Waals surface area contributed by atoms with Crippen LogP contribution in [0, 0.1) is 5.41 Å². The predicted molar refractivity (Wildman–Crippen MR) is 56.7 cm³/mol. The third kappa shape index (κ3) is 3.09. The maximum Gasteiger partial charge on any atom is 0.251 e. The molecule has 1 N–H and O–H groups in total. The molecular formula is C10H13ClN2O2. The van der Waals surface area contributed by atoms with E-state index in [2.05, 4.69) is 4.99 Å². The molecule has 0 aromatic carbocycles. The number of carbonyl (C=O) groups excluding carboxylic acids is 1. The van der Waals surface area contributed by atoms with Gasteiger partial charge in [-0.1, -0.05) is 32.4 Å². The van der Waals surface area contributed by atoms with E-state index in [1.807, 2.05) is 0 Å². The molecule has 0 radical (unpaired) electrons. The number of rotatable bonds is 0. The van der Waals surface area contributed by atoms with Gasteiger partial charge in [-0.3, -0.25) is 4.79 Å². The molecule has 1 aromatic rings. The summed E-state index contributed by atoms with van der Waals surface area (Å²) in [6.07, 6.45) is 1.33. The van der Waals surface area contributed by atoms with E-state index in [4.69, 9.17) is 16.8 Å². The Hall–Kier alpha value is -1.29. The number of hydrogen-bond acceptors (Lipinski definition) is 2. The van der Waals surface area contributed by atoms with Crippen molar-refractivity contribution in [2.45, 2.75) is 20.8 Å². The van der Waals surface area contributed by atoms with Crippen molar-refractivity contribution in [3.63, 3.8) is 0 Å². The van der Waals surface area contributed by atoms with Crippen LogP contribution in [0.5, 0.6) is 0 Å². The van der Waals surface area contributed by atoms with Crippen molar-refractivity contribution >= 4 is 17.5 Å². The smallest absolute Gasteiger partial charge is 0.251 e. The molecule has 0 aliphatic carbocycles. The van der Waals surface area contributed by atoms with Crippen LogP contribution in [0.3, 0.4) is 0 Å². The van der Waals surface area contributed by atoms with E-state index in [9.17, 15) is 4.79 Å². The number of halogens is 1. The van der Waals surface area contributed by atoms with Crippen LogP contribution in [-0.4, -0.2) is 15.8 Å². The van der Waals surface area contributed by atoms with E-state index in [1.54, 1.807) is 20.8 Å². The van der Waals surface area contributed by atoms with Gasteiger partial charge in [-0.05, 0) is 6.07 Å². The summed E-state index contributed by atoms with van der Waals surface area (Å²) in [6, 6.07) is 2.93. The molecule has 0 fully saturated rings. The number of amides is 1. The van der Waals surface area contributed by atoms with Crippen LogP contribution >= 0.6 is 11.6 Å². The highest BCUT2D eigenvalue weighted by molar-refractivity contribution is 6.29. The van der Waals surface area contributed by atoms with Crippen molar-refractivity contribution in [1.29, 1.82) is 0 Å². The Morgan fingerprint density at radius 1 is 1.53 bits per heavy atom. The second-order valence-corrected chi connectivity index (χ2v) is 4.61. The Morgan fingerprint density at radius 3 is 2.60 bits per heavy atom. The molecule has 5 heteroatoms. The van der Waals surface area contributed by atoms with Crippen LogP contribution in [0.2, 0.25) is 5.15 Å². The van der Waals surface area contributed by atoms with E-state index in [0.29, 0.717) is 5.36 Å². The molecule has 1 rings (SSSR count). The first-order valence-electron chi connectivity index (χ1n) is 4.47. The fourth-order valence-corrected chi connectivity index (χ4v) is 0.977. The summed E-state index contributed by atoms with van der Waals surface area (Å²) >= 11 is 5.65. The SMILES string of the molecule is CC(C)(C)C(=O)N=c1ccn(O)c(Cl)c1. The van der Waals surface area contributed by atoms with Gasteiger partial charge in [-0.25, -0.2) is 4.99 Å². The molecule has 0 unspecified atom stereocenters. The second kappa shape index (κ2) is 4.06. The van der Waals surface area contributed by atoms with Crippen LogP contribution in [0.15, 0.2) is 23.3 Å². The summed E-state index contributed by atoms with van der Waals surface area (Å²) in [7, 11) is 0. The van der Waals surface area contributed by atoms with Gasteiger partial charge in [0.2, 0.25) is 0 Å². The summed E-state index contributed by atoms with van der Waals surface area (Å²) in [5, 5.41) is 9.64. The molecule has 1 amide bonds. The van der Waals surface area contributed by atoms with Crippen LogP contribution in [0.4, 0.5) is 0 Å². The molecule has 15 heavy (non-hydrogen) atoms. The molecular weight excluding hydrogens is 216 g/mol. The number of carbonyl (C=O) groups is 1. The Balaban J connectivity index is 3.12. The fraction of sp³-hybridized carbons (Fsp3) is 0.400. The lowest BCUT2D eigenvalue weighted by atomic mass is 9.96. The van der Waals surface area contributed by atoms with Gasteiger partial charge < -0.3 is 5.21 Å². The number of hydrogen-bond donors (Lipinski definition) is 1. The Kier molecular flexibility index (Phi) is 3.19. The molecule has 4 nitrogen and oxygen atoms in total. The van der Waals surface area contributed by atoms with Gasteiger partial charge >= 0.3 is 0 Å². The zero-order chi connectivity index (χ0) is 11.6. The van der Waals surface area contributed by atoms with E-state index in [1.165, 1.54) is 18.3 Å². The van der Waals surface area contributed by atoms with Crippen LogP contribution in [-0.2, 0) is 4.79 Å². The van der Waals surface area contributed by atoms with Crippen molar-refractivity contribution < 1.29 is 10.0 Å².